The Kier molecular flexibility index (Phi) is 6.88. The van der Waals surface area contributed by atoms with E-state index in [4.69, 9.17) is 9.72 Å². The number of ether oxygens (including phenoxy) is 1. The van der Waals surface area contributed by atoms with E-state index in [2.05, 4.69) is 10.6 Å². The van der Waals surface area contributed by atoms with Crippen molar-refractivity contribution in [2.75, 3.05) is 13.7 Å². The number of hydrogen-bond donors (Lipinski definition) is 1. The van der Waals surface area contributed by atoms with E-state index in [1.807, 2.05) is 13.0 Å². The zero-order chi connectivity index (χ0) is 26.3. The Bertz CT molecular complexity index is 1330. The fraction of sp³-hybridized carbons (Fsp3) is 0.464. The van der Waals surface area contributed by atoms with Gasteiger partial charge in [0.1, 0.15) is 17.5 Å². The molecular formula is C28H31F2N3O4. The van der Waals surface area contributed by atoms with E-state index in [-0.39, 0.29) is 24.0 Å². The number of methoxy groups -OCH3 is 1. The summed E-state index contributed by atoms with van der Waals surface area (Å²) in [6.45, 7) is 2.97. The summed E-state index contributed by atoms with van der Waals surface area (Å²) in [6, 6.07) is 7.54. The lowest BCUT2D eigenvalue weighted by atomic mass is 9.81. The maximum atomic E-state index is 13.9. The SMILES string of the molecule is COC(=O)N1CCc2ccc3c(nc(C4CCC(C(=O)O)CC4)n3[C@H](C)Cc3cc(F)cc(F)c3)c2C1. The molecule has 37 heavy (non-hydrogen) atoms. The summed E-state index contributed by atoms with van der Waals surface area (Å²) >= 11 is 0. The number of rotatable bonds is 5. The zero-order valence-corrected chi connectivity index (χ0v) is 21.0. The Hall–Kier alpha value is -3.49. The Morgan fingerprint density at radius 1 is 1.14 bits per heavy atom. The highest BCUT2D eigenvalue weighted by Crippen LogP contribution is 2.40. The second-order valence-corrected chi connectivity index (χ2v) is 10.3. The molecule has 2 aromatic carbocycles. The predicted molar refractivity (Wildman–Crippen MR) is 133 cm³/mol. The van der Waals surface area contributed by atoms with Crippen LogP contribution in [0.4, 0.5) is 13.6 Å². The van der Waals surface area contributed by atoms with Crippen molar-refractivity contribution in [1.82, 2.24) is 14.5 Å². The van der Waals surface area contributed by atoms with Crippen LogP contribution in [-0.2, 0) is 28.9 Å². The van der Waals surface area contributed by atoms with Crippen LogP contribution >= 0.6 is 0 Å². The molecule has 196 valence electrons. The summed E-state index contributed by atoms with van der Waals surface area (Å²) in [5, 5.41) is 9.46. The van der Waals surface area contributed by atoms with E-state index < -0.39 is 17.6 Å². The fourth-order valence-corrected chi connectivity index (χ4v) is 6.01. The molecule has 0 saturated heterocycles. The lowest BCUT2D eigenvalue weighted by molar-refractivity contribution is -0.142. The van der Waals surface area contributed by atoms with Crippen LogP contribution in [-0.4, -0.2) is 45.3 Å². The first-order chi connectivity index (χ1) is 17.7. The van der Waals surface area contributed by atoms with Gasteiger partial charge in [0.15, 0.2) is 0 Å². The van der Waals surface area contributed by atoms with Gasteiger partial charge in [-0.05, 0) is 74.8 Å². The van der Waals surface area contributed by atoms with Gasteiger partial charge >= 0.3 is 12.1 Å². The topological polar surface area (TPSA) is 84.7 Å². The highest BCUT2D eigenvalue weighted by atomic mass is 19.1. The lowest BCUT2D eigenvalue weighted by Gasteiger charge is -2.28. The summed E-state index contributed by atoms with van der Waals surface area (Å²) in [4.78, 5) is 30.6. The van der Waals surface area contributed by atoms with E-state index in [9.17, 15) is 23.5 Å². The van der Waals surface area contributed by atoms with Gasteiger partial charge in [0, 0.05) is 30.1 Å². The number of amides is 1. The van der Waals surface area contributed by atoms with Crippen LogP contribution in [0.25, 0.3) is 11.0 Å². The zero-order valence-electron chi connectivity index (χ0n) is 21.0. The van der Waals surface area contributed by atoms with E-state index >= 15 is 0 Å². The Labute approximate surface area is 214 Å². The predicted octanol–water partition coefficient (Wildman–Crippen LogP) is 5.60. The van der Waals surface area contributed by atoms with Gasteiger partial charge in [-0.1, -0.05) is 6.07 Å². The Morgan fingerprint density at radius 2 is 1.84 bits per heavy atom. The van der Waals surface area contributed by atoms with Crippen LogP contribution < -0.4 is 0 Å². The molecule has 1 saturated carbocycles. The first-order valence-electron chi connectivity index (χ1n) is 12.8. The van der Waals surface area contributed by atoms with Crippen molar-refractivity contribution in [2.24, 2.45) is 5.92 Å². The van der Waals surface area contributed by atoms with E-state index in [1.54, 1.807) is 4.90 Å². The van der Waals surface area contributed by atoms with E-state index in [0.717, 1.165) is 34.1 Å². The monoisotopic (exact) mass is 511 g/mol. The van der Waals surface area contributed by atoms with Gasteiger partial charge in [0.05, 0.1) is 30.6 Å². The quantitative estimate of drug-likeness (QED) is 0.482. The van der Waals surface area contributed by atoms with Crippen molar-refractivity contribution >= 4 is 23.1 Å². The fourth-order valence-electron chi connectivity index (χ4n) is 6.01. The van der Waals surface area contributed by atoms with Gasteiger partial charge in [0.2, 0.25) is 0 Å². The molecule has 3 aromatic rings. The minimum Gasteiger partial charge on any atom is -0.481 e. The molecule has 1 aliphatic heterocycles. The number of aliphatic carboxylic acids is 1. The standard InChI is InChI=1S/C28H31F2N3O4/c1-16(11-17-12-21(29)14-22(30)13-17)33-24-8-7-18-9-10-32(28(36)37-2)15-23(18)25(24)31-26(33)19-3-5-20(6-4-19)27(34)35/h7-8,12-14,16,19-20H,3-6,9-11,15H2,1-2H3,(H,34,35)/t16-,19?,20?/m1/s1. The largest absolute Gasteiger partial charge is 0.481 e. The Morgan fingerprint density at radius 3 is 2.49 bits per heavy atom. The molecule has 5 rings (SSSR count). The summed E-state index contributed by atoms with van der Waals surface area (Å²) in [5.41, 5.74) is 4.40. The number of fused-ring (bicyclic) bond motifs is 3. The third-order valence-corrected chi connectivity index (χ3v) is 7.86. The molecule has 1 fully saturated rings. The van der Waals surface area contributed by atoms with E-state index in [0.29, 0.717) is 57.2 Å². The number of benzene rings is 2. The molecule has 1 N–H and O–H groups in total. The smallest absolute Gasteiger partial charge is 0.409 e. The molecule has 2 aliphatic rings. The van der Waals surface area contributed by atoms with Crippen molar-refractivity contribution in [3.05, 3.63) is 64.5 Å². The van der Waals surface area contributed by atoms with Crippen LogP contribution in [0.3, 0.4) is 0 Å². The minimum absolute atomic E-state index is 0.0747. The second kappa shape index (κ2) is 10.1. The second-order valence-electron chi connectivity index (χ2n) is 10.3. The van der Waals surface area contributed by atoms with Crippen molar-refractivity contribution in [2.45, 2.75) is 64.0 Å². The number of imidazole rings is 1. The minimum atomic E-state index is -0.759. The van der Waals surface area contributed by atoms with Crippen LogP contribution in [0.15, 0.2) is 30.3 Å². The first kappa shape index (κ1) is 25.2. The molecule has 1 amide bonds. The Balaban J connectivity index is 1.57. The highest BCUT2D eigenvalue weighted by molar-refractivity contribution is 5.82. The number of hydrogen-bond acceptors (Lipinski definition) is 4. The third-order valence-electron chi connectivity index (χ3n) is 7.86. The molecule has 1 aromatic heterocycles. The molecular weight excluding hydrogens is 480 g/mol. The normalized spacial score (nSPS) is 20.5. The molecule has 2 heterocycles. The molecule has 9 heteroatoms. The summed E-state index contributed by atoms with van der Waals surface area (Å²) in [5.74, 6) is -1.38. The van der Waals surface area contributed by atoms with Gasteiger partial charge in [0.25, 0.3) is 0 Å². The molecule has 0 radical (unpaired) electrons. The number of carboxylic acids is 1. The van der Waals surface area contributed by atoms with Gasteiger partial charge in [-0.25, -0.2) is 18.6 Å². The van der Waals surface area contributed by atoms with Gasteiger partial charge in [-0.2, -0.15) is 0 Å². The number of aromatic nitrogens is 2. The number of carboxylic acid groups (broad SMARTS) is 1. The highest BCUT2D eigenvalue weighted by Gasteiger charge is 2.32. The van der Waals surface area contributed by atoms with Gasteiger partial charge in [-0.15, -0.1) is 0 Å². The average Bonchev–Trinajstić information content (AvgIpc) is 3.27. The number of carbonyl (C=O) groups excluding carboxylic acids is 1. The van der Waals surface area contributed by atoms with Crippen molar-refractivity contribution in [3.63, 3.8) is 0 Å². The molecule has 0 unspecified atom stereocenters. The van der Waals surface area contributed by atoms with Crippen molar-refractivity contribution < 1.29 is 28.2 Å². The molecule has 1 atom stereocenters. The summed E-state index contributed by atoms with van der Waals surface area (Å²) in [7, 11) is 1.37. The molecule has 7 nitrogen and oxygen atoms in total. The third kappa shape index (κ3) is 4.91. The number of nitrogens with zero attached hydrogens (tertiary/aromatic N) is 3. The van der Waals surface area contributed by atoms with Crippen LogP contribution in [0.1, 0.15) is 67.1 Å². The molecule has 0 spiro atoms. The number of halogens is 2. The van der Waals surface area contributed by atoms with Gasteiger partial charge in [-0.3, -0.25) is 4.79 Å². The molecule has 1 aliphatic carbocycles. The first-order valence-corrected chi connectivity index (χ1v) is 12.8. The number of carbonyl (C=O) groups is 2. The lowest BCUT2D eigenvalue weighted by Crippen LogP contribution is -2.35. The summed E-state index contributed by atoms with van der Waals surface area (Å²) in [6.07, 6.45) is 3.31. The van der Waals surface area contributed by atoms with Crippen LogP contribution in [0.2, 0.25) is 0 Å². The van der Waals surface area contributed by atoms with Crippen LogP contribution in [0, 0.1) is 17.6 Å². The molecule has 0 bridgehead atoms. The average molecular weight is 512 g/mol. The van der Waals surface area contributed by atoms with Crippen molar-refractivity contribution in [3.8, 4) is 0 Å². The van der Waals surface area contributed by atoms with Gasteiger partial charge < -0.3 is 19.3 Å². The maximum absolute atomic E-state index is 13.9. The van der Waals surface area contributed by atoms with E-state index in [1.165, 1.54) is 19.2 Å². The maximum Gasteiger partial charge on any atom is 0.409 e. The van der Waals surface area contributed by atoms with Crippen LogP contribution in [0.5, 0.6) is 0 Å². The summed E-state index contributed by atoms with van der Waals surface area (Å²) < 4.78 is 34.9. The van der Waals surface area contributed by atoms with Crippen molar-refractivity contribution in [1.29, 1.82) is 0 Å².